The fourth-order valence-corrected chi connectivity index (χ4v) is 4.12. The summed E-state index contributed by atoms with van der Waals surface area (Å²) in [5.41, 5.74) is 3.54. The molecular formula is C27H27N5O5. The van der Waals surface area contributed by atoms with Gasteiger partial charge in [0.05, 0.1) is 17.8 Å². The number of aliphatic carboxylic acids is 1. The first-order chi connectivity index (χ1) is 18.0. The van der Waals surface area contributed by atoms with Gasteiger partial charge < -0.3 is 25.2 Å². The lowest BCUT2D eigenvalue weighted by Crippen LogP contribution is -2.44. The number of nitrogens with one attached hydrogen (secondary N) is 2. The van der Waals surface area contributed by atoms with Gasteiger partial charge in [0.1, 0.15) is 30.8 Å². The number of fused-ring (bicyclic) bond motifs is 2. The molecule has 0 unspecified atom stereocenters. The molecule has 0 spiro atoms. The van der Waals surface area contributed by atoms with Gasteiger partial charge in [-0.2, -0.15) is 5.10 Å². The molecule has 10 heteroatoms. The maximum absolute atomic E-state index is 12.2. The largest absolute Gasteiger partial charge is 0.487 e. The minimum atomic E-state index is -1.21. The summed E-state index contributed by atoms with van der Waals surface area (Å²) >= 11 is 0. The van der Waals surface area contributed by atoms with Gasteiger partial charge in [0.2, 0.25) is 0 Å². The number of rotatable bonds is 9. The molecular weight excluding hydrogens is 474 g/mol. The number of hydrogen-bond acceptors (Lipinski definition) is 7. The van der Waals surface area contributed by atoms with Crippen LogP contribution in [0.3, 0.4) is 0 Å². The van der Waals surface area contributed by atoms with E-state index < -0.39 is 18.1 Å². The lowest BCUT2D eigenvalue weighted by Gasteiger charge is -2.17. The molecule has 0 radical (unpaired) electrons. The average molecular weight is 502 g/mol. The number of aromatic nitrogens is 3. The van der Waals surface area contributed by atoms with Crippen LogP contribution in [0.25, 0.3) is 10.9 Å². The average Bonchev–Trinajstić information content (AvgIpc) is 3.32. The maximum atomic E-state index is 12.2. The van der Waals surface area contributed by atoms with E-state index in [1.807, 2.05) is 48.5 Å². The Morgan fingerprint density at radius 1 is 1.11 bits per heavy atom. The molecule has 4 aromatic rings. The third kappa shape index (κ3) is 6.16. The summed E-state index contributed by atoms with van der Waals surface area (Å²) < 4.78 is 12.6. The monoisotopic (exact) mass is 501 g/mol. The van der Waals surface area contributed by atoms with Gasteiger partial charge in [0, 0.05) is 18.1 Å². The normalized spacial score (nSPS) is 13.3. The first kappa shape index (κ1) is 24.1. The summed E-state index contributed by atoms with van der Waals surface area (Å²) in [6.07, 6.45) is 3.05. The highest BCUT2D eigenvalue weighted by Gasteiger charge is 2.22. The second kappa shape index (κ2) is 11.0. The van der Waals surface area contributed by atoms with Gasteiger partial charge >= 0.3 is 12.1 Å². The Balaban J connectivity index is 1.19. The number of nitrogens with zero attached hydrogens (tertiary/aromatic N) is 3. The number of anilines is 1. The molecule has 0 fully saturated rings. The van der Waals surface area contributed by atoms with Crippen LogP contribution in [0.1, 0.15) is 23.2 Å². The lowest BCUT2D eigenvalue weighted by atomic mass is 10.1. The van der Waals surface area contributed by atoms with Crippen molar-refractivity contribution in [3.05, 3.63) is 83.7 Å². The molecule has 5 rings (SSSR count). The zero-order valence-electron chi connectivity index (χ0n) is 20.1. The zero-order valence-corrected chi connectivity index (χ0v) is 20.1. The number of alkyl carbamates (subject to hydrolysis) is 1. The number of hydrogen-bond donors (Lipinski definition) is 3. The predicted octanol–water partition coefficient (Wildman–Crippen LogP) is 3.75. The van der Waals surface area contributed by atoms with Crippen molar-refractivity contribution >= 4 is 28.8 Å². The summed E-state index contributed by atoms with van der Waals surface area (Å²) in [6, 6.07) is 17.5. The van der Waals surface area contributed by atoms with Gasteiger partial charge in [-0.05, 0) is 48.2 Å². The second-order valence-electron chi connectivity index (χ2n) is 8.80. The van der Waals surface area contributed by atoms with Crippen molar-refractivity contribution in [1.82, 2.24) is 20.1 Å². The Labute approximate surface area is 213 Å². The Hall–Kier alpha value is -4.60. The lowest BCUT2D eigenvalue weighted by molar-refractivity contribution is -0.139. The Morgan fingerprint density at radius 2 is 1.97 bits per heavy atom. The van der Waals surface area contributed by atoms with Crippen molar-refractivity contribution in [3.63, 3.8) is 0 Å². The Bertz CT molecular complexity index is 1410. The predicted molar refractivity (Wildman–Crippen MR) is 136 cm³/mol. The number of aryl methyl sites for hydroxylation is 1. The summed E-state index contributed by atoms with van der Waals surface area (Å²) in [6.45, 7) is 1.24. The molecule has 37 heavy (non-hydrogen) atoms. The zero-order chi connectivity index (χ0) is 25.6. The van der Waals surface area contributed by atoms with Gasteiger partial charge in [0.15, 0.2) is 0 Å². The number of carboxylic acid groups (broad SMARTS) is 1. The molecule has 0 aliphatic carbocycles. The van der Waals surface area contributed by atoms with E-state index in [2.05, 4.69) is 26.8 Å². The van der Waals surface area contributed by atoms with Crippen LogP contribution < -0.4 is 15.4 Å². The molecule has 1 aliphatic heterocycles. The molecule has 190 valence electrons. The van der Waals surface area contributed by atoms with Crippen LogP contribution in [0, 0.1) is 0 Å². The van der Waals surface area contributed by atoms with Crippen molar-refractivity contribution in [2.75, 3.05) is 11.9 Å². The molecule has 3 heterocycles. The highest BCUT2D eigenvalue weighted by atomic mass is 16.5. The van der Waals surface area contributed by atoms with E-state index in [4.69, 9.17) is 9.47 Å². The SMILES string of the molecule is O=C(N[C@@H](Cn1cc2cc(OCc3ccc4c(n3)NCCC4)ccc2n1)C(=O)O)OCc1ccccc1. The maximum Gasteiger partial charge on any atom is 0.408 e. The van der Waals surface area contributed by atoms with E-state index >= 15 is 0 Å². The van der Waals surface area contributed by atoms with Crippen LogP contribution in [0.5, 0.6) is 5.75 Å². The van der Waals surface area contributed by atoms with E-state index in [0.717, 1.165) is 41.8 Å². The third-order valence-corrected chi connectivity index (χ3v) is 6.03. The van der Waals surface area contributed by atoms with E-state index in [-0.39, 0.29) is 13.2 Å². The van der Waals surface area contributed by atoms with Crippen molar-refractivity contribution in [1.29, 1.82) is 0 Å². The van der Waals surface area contributed by atoms with Gasteiger partial charge in [0.25, 0.3) is 0 Å². The molecule has 1 aliphatic rings. The fraction of sp³-hybridized carbons (Fsp3) is 0.259. The van der Waals surface area contributed by atoms with Crippen molar-refractivity contribution in [2.45, 2.75) is 38.6 Å². The third-order valence-electron chi connectivity index (χ3n) is 6.03. The van der Waals surface area contributed by atoms with Gasteiger partial charge in [-0.1, -0.05) is 36.4 Å². The van der Waals surface area contributed by atoms with Crippen LogP contribution in [-0.4, -0.2) is 44.5 Å². The molecule has 1 amide bonds. The van der Waals surface area contributed by atoms with Crippen LogP contribution in [0.4, 0.5) is 10.6 Å². The summed E-state index contributed by atoms with van der Waals surface area (Å²) in [4.78, 5) is 28.6. The summed E-state index contributed by atoms with van der Waals surface area (Å²) in [7, 11) is 0. The number of carboxylic acids is 1. The standard InChI is InChI=1S/C27H27N5O5/c33-26(34)24(30-27(35)37-16-18-5-2-1-3-6-18)15-32-14-20-13-22(10-11-23(20)31-32)36-17-21-9-8-19-7-4-12-28-25(19)29-21/h1-3,5-6,8-11,13-14,24H,4,7,12,15-17H2,(H,28,29)(H,30,35)(H,33,34)/t24-/m0/s1. The van der Waals surface area contributed by atoms with E-state index in [1.165, 1.54) is 10.2 Å². The van der Waals surface area contributed by atoms with E-state index in [9.17, 15) is 14.7 Å². The topological polar surface area (TPSA) is 128 Å². The molecule has 0 bridgehead atoms. The molecule has 10 nitrogen and oxygen atoms in total. The Kier molecular flexibility index (Phi) is 7.16. The number of ether oxygens (including phenoxy) is 2. The van der Waals surface area contributed by atoms with Crippen LogP contribution in [0.15, 0.2) is 66.9 Å². The molecule has 1 atom stereocenters. The van der Waals surface area contributed by atoms with Crippen LogP contribution >= 0.6 is 0 Å². The molecule has 2 aromatic heterocycles. The Morgan fingerprint density at radius 3 is 2.81 bits per heavy atom. The number of amides is 1. The highest BCUT2D eigenvalue weighted by molar-refractivity contribution is 5.81. The van der Waals surface area contributed by atoms with Crippen molar-refractivity contribution < 1.29 is 24.2 Å². The molecule has 0 saturated carbocycles. The van der Waals surface area contributed by atoms with Gasteiger partial charge in [-0.15, -0.1) is 0 Å². The minimum Gasteiger partial charge on any atom is -0.487 e. The first-order valence-electron chi connectivity index (χ1n) is 12.1. The van der Waals surface area contributed by atoms with Crippen LogP contribution in [0.2, 0.25) is 0 Å². The quantitative estimate of drug-likeness (QED) is 0.316. The van der Waals surface area contributed by atoms with E-state index in [1.54, 1.807) is 12.3 Å². The molecule has 2 aromatic carbocycles. The number of pyridine rings is 1. The number of carbonyl (C=O) groups is 2. The van der Waals surface area contributed by atoms with Crippen LogP contribution in [-0.2, 0) is 35.7 Å². The van der Waals surface area contributed by atoms with Crippen molar-refractivity contribution in [3.8, 4) is 5.75 Å². The minimum absolute atomic E-state index is 0.0466. The first-order valence-corrected chi connectivity index (χ1v) is 12.1. The van der Waals surface area contributed by atoms with Gasteiger partial charge in [-0.3, -0.25) is 4.68 Å². The fourth-order valence-electron chi connectivity index (χ4n) is 4.12. The smallest absolute Gasteiger partial charge is 0.408 e. The highest BCUT2D eigenvalue weighted by Crippen LogP contribution is 2.23. The van der Waals surface area contributed by atoms with E-state index in [0.29, 0.717) is 17.9 Å². The molecule has 3 N–H and O–H groups in total. The summed E-state index contributed by atoms with van der Waals surface area (Å²) in [5, 5.41) is 20.5. The second-order valence-corrected chi connectivity index (χ2v) is 8.80. The summed E-state index contributed by atoms with van der Waals surface area (Å²) in [5.74, 6) is 0.388. The number of carbonyl (C=O) groups excluding carboxylic acids is 1. The van der Waals surface area contributed by atoms with Crippen molar-refractivity contribution in [2.24, 2.45) is 0 Å². The van der Waals surface area contributed by atoms with Gasteiger partial charge in [-0.25, -0.2) is 14.6 Å². The molecule has 0 saturated heterocycles. The number of benzene rings is 2.